The number of hydrogen-bond acceptors (Lipinski definition) is 5. The van der Waals surface area contributed by atoms with Gasteiger partial charge in [0, 0.05) is 11.6 Å². The second kappa shape index (κ2) is 8.80. The molecule has 0 amide bonds. The van der Waals surface area contributed by atoms with Crippen molar-refractivity contribution in [3.63, 3.8) is 0 Å². The standard InChI is InChI=1S/C3Cl6O3.C2H3ClO2/c4-2(5,6)11-1(10)12-3(7,8)9;1-5-2(3)4/h;1H3. The van der Waals surface area contributed by atoms with E-state index in [9.17, 15) is 9.59 Å². The van der Waals surface area contributed by atoms with Crippen molar-refractivity contribution in [1.29, 1.82) is 0 Å². The highest BCUT2D eigenvalue weighted by Gasteiger charge is 2.32. The number of carbonyl (C=O) groups is 2. The zero-order chi connectivity index (χ0) is 14.3. The van der Waals surface area contributed by atoms with Gasteiger partial charge in [-0.15, -0.1) is 0 Å². The summed E-state index contributed by atoms with van der Waals surface area (Å²) < 4.78 is 7.38. The van der Waals surface area contributed by atoms with Gasteiger partial charge in [-0.25, -0.2) is 9.59 Å². The molecule has 0 radical (unpaired) electrons. The fourth-order valence-electron chi connectivity index (χ4n) is 0.210. The van der Waals surface area contributed by atoms with Gasteiger partial charge >= 0.3 is 19.5 Å². The van der Waals surface area contributed by atoms with Gasteiger partial charge in [-0.1, -0.05) is 0 Å². The molecule has 0 unspecified atom stereocenters. The predicted molar refractivity (Wildman–Crippen MR) is 66.4 cm³/mol. The van der Waals surface area contributed by atoms with Gasteiger partial charge < -0.3 is 14.2 Å². The predicted octanol–water partition coefficient (Wildman–Crippen LogP) is 4.79. The summed E-state index contributed by atoms with van der Waals surface area (Å²) in [6.07, 6.45) is -1.41. The Bertz CT molecular complexity index is 238. The molecule has 5 nitrogen and oxygen atoms in total. The van der Waals surface area contributed by atoms with Crippen LogP contribution in [0.25, 0.3) is 0 Å². The zero-order valence-electron chi connectivity index (χ0n) is 7.69. The van der Waals surface area contributed by atoms with E-state index in [2.05, 4.69) is 25.8 Å². The normalized spacial score (nSPS) is 10.8. The van der Waals surface area contributed by atoms with Gasteiger partial charge in [-0.2, -0.15) is 0 Å². The van der Waals surface area contributed by atoms with Crippen LogP contribution in [0.4, 0.5) is 9.59 Å². The van der Waals surface area contributed by atoms with Crippen LogP contribution in [0.5, 0.6) is 0 Å². The van der Waals surface area contributed by atoms with Crippen LogP contribution in [0.2, 0.25) is 0 Å². The number of carbonyl (C=O) groups excluding carboxylic acids is 2. The summed E-state index contributed by atoms with van der Waals surface area (Å²) in [5.41, 5.74) is -0.773. The number of halogens is 7. The SMILES string of the molecule is COC(=O)Cl.O=C(OC(Cl)(Cl)Cl)OC(Cl)(Cl)Cl. The van der Waals surface area contributed by atoms with Crippen molar-refractivity contribution in [2.24, 2.45) is 0 Å². The van der Waals surface area contributed by atoms with Crippen LogP contribution in [0.1, 0.15) is 0 Å². The lowest BCUT2D eigenvalue weighted by Gasteiger charge is -2.15. The smallest absolute Gasteiger partial charge is 0.457 e. The monoisotopic (exact) mass is 388 g/mol. The van der Waals surface area contributed by atoms with Crippen LogP contribution >= 0.6 is 81.2 Å². The van der Waals surface area contributed by atoms with Gasteiger partial charge in [0.1, 0.15) is 0 Å². The lowest BCUT2D eigenvalue weighted by Crippen LogP contribution is -2.22. The van der Waals surface area contributed by atoms with E-state index in [1.807, 2.05) is 0 Å². The fourth-order valence-corrected chi connectivity index (χ4v) is 0.588. The lowest BCUT2D eigenvalue weighted by atomic mass is 11.3. The Morgan fingerprint density at radius 2 is 1.12 bits per heavy atom. The largest absolute Gasteiger partial charge is 0.515 e. The van der Waals surface area contributed by atoms with Crippen molar-refractivity contribution in [2.75, 3.05) is 7.11 Å². The van der Waals surface area contributed by atoms with E-state index in [1.54, 1.807) is 0 Å². The van der Waals surface area contributed by atoms with E-state index in [1.165, 1.54) is 7.11 Å². The molecule has 0 N–H and O–H groups in total. The number of ether oxygens (including phenoxy) is 3. The first-order valence-electron chi connectivity index (χ1n) is 3.16. The first-order valence-corrected chi connectivity index (χ1v) is 5.81. The Morgan fingerprint density at radius 1 is 0.882 bits per heavy atom. The van der Waals surface area contributed by atoms with Crippen LogP contribution < -0.4 is 0 Å². The molecule has 102 valence electrons. The second-order valence-corrected chi connectivity index (χ2v) is 6.45. The van der Waals surface area contributed by atoms with E-state index >= 15 is 0 Å². The number of alkyl halides is 6. The number of methoxy groups -OCH3 is 1. The van der Waals surface area contributed by atoms with Crippen LogP contribution in [-0.4, -0.2) is 26.7 Å². The van der Waals surface area contributed by atoms with E-state index in [4.69, 9.17) is 69.6 Å². The molecule has 0 saturated carbocycles. The van der Waals surface area contributed by atoms with Crippen LogP contribution in [-0.2, 0) is 14.2 Å². The van der Waals surface area contributed by atoms with Crippen molar-refractivity contribution in [3.8, 4) is 0 Å². The molecule has 0 fully saturated rings. The summed E-state index contributed by atoms with van der Waals surface area (Å²) in [5.74, 6) is 0. The Hall–Kier alpha value is 0.770. The molecule has 0 aliphatic rings. The van der Waals surface area contributed by atoms with Crippen LogP contribution in [0.15, 0.2) is 0 Å². The topological polar surface area (TPSA) is 61.8 Å². The molecule has 0 bridgehead atoms. The number of rotatable bonds is 0. The Kier molecular flexibility index (Phi) is 10.4. The average molecular weight is 391 g/mol. The molecule has 12 heteroatoms. The van der Waals surface area contributed by atoms with Crippen molar-refractivity contribution in [1.82, 2.24) is 0 Å². The highest BCUT2D eigenvalue weighted by Crippen LogP contribution is 2.32. The third-order valence-corrected chi connectivity index (χ3v) is 1.18. The van der Waals surface area contributed by atoms with Crippen molar-refractivity contribution in [3.05, 3.63) is 0 Å². The summed E-state index contributed by atoms with van der Waals surface area (Å²) in [6, 6.07) is 0. The summed E-state index contributed by atoms with van der Waals surface area (Å²) >= 11 is 34.8. The van der Waals surface area contributed by atoms with Crippen LogP contribution in [0, 0.1) is 0 Å². The summed E-state index contributed by atoms with van der Waals surface area (Å²) in [7, 11) is 1.22. The van der Waals surface area contributed by atoms with Crippen LogP contribution in [0.3, 0.4) is 0 Å². The van der Waals surface area contributed by atoms with Gasteiger partial charge in [0.15, 0.2) is 0 Å². The molecule has 0 aromatic rings. The first-order chi connectivity index (χ1) is 7.37. The van der Waals surface area contributed by atoms with E-state index in [0.29, 0.717) is 0 Å². The Labute approximate surface area is 131 Å². The zero-order valence-corrected chi connectivity index (χ0v) is 13.0. The summed E-state index contributed by atoms with van der Waals surface area (Å²) in [5, 5.41) is 0. The highest BCUT2D eigenvalue weighted by molar-refractivity contribution is 6.67. The molecule has 0 aliphatic carbocycles. The maximum absolute atomic E-state index is 10.5. The Balaban J connectivity index is 0. The maximum Gasteiger partial charge on any atom is 0.515 e. The minimum atomic E-state index is -2.24. The molecule has 17 heavy (non-hydrogen) atoms. The number of hydrogen-bond donors (Lipinski definition) is 0. The minimum absolute atomic E-state index is 0.773. The van der Waals surface area contributed by atoms with Gasteiger partial charge in [-0.05, 0) is 69.6 Å². The van der Waals surface area contributed by atoms with E-state index in [0.717, 1.165) is 0 Å². The van der Waals surface area contributed by atoms with E-state index < -0.39 is 19.5 Å². The maximum atomic E-state index is 10.5. The quantitative estimate of drug-likeness (QED) is 0.338. The van der Waals surface area contributed by atoms with Crippen molar-refractivity contribution in [2.45, 2.75) is 7.96 Å². The van der Waals surface area contributed by atoms with Gasteiger partial charge in [-0.3, -0.25) is 0 Å². The third-order valence-electron chi connectivity index (χ3n) is 0.559. The fraction of sp³-hybridized carbons (Fsp3) is 0.600. The minimum Gasteiger partial charge on any atom is -0.457 e. The molecule has 0 atom stereocenters. The third kappa shape index (κ3) is 22.4. The van der Waals surface area contributed by atoms with Crippen molar-refractivity contribution >= 4 is 92.8 Å². The van der Waals surface area contributed by atoms with Gasteiger partial charge in [0.05, 0.1) is 7.11 Å². The molecule has 0 aromatic carbocycles. The molecule has 0 aliphatic heterocycles. The molecule has 0 rings (SSSR count). The molecule has 0 aromatic heterocycles. The lowest BCUT2D eigenvalue weighted by molar-refractivity contribution is 0.0508. The molecular formula is C5H3Cl7O5. The van der Waals surface area contributed by atoms with Crippen molar-refractivity contribution < 1.29 is 23.8 Å². The Morgan fingerprint density at radius 3 is 1.24 bits per heavy atom. The summed E-state index contributed by atoms with van der Waals surface area (Å²) in [4.78, 5) is 19.9. The molecule has 0 saturated heterocycles. The van der Waals surface area contributed by atoms with Gasteiger partial charge in [0.2, 0.25) is 0 Å². The first kappa shape index (κ1) is 20.1. The van der Waals surface area contributed by atoms with Gasteiger partial charge in [0.25, 0.3) is 0 Å². The van der Waals surface area contributed by atoms with E-state index in [-0.39, 0.29) is 0 Å². The average Bonchev–Trinajstić information content (AvgIpc) is 1.97. The highest BCUT2D eigenvalue weighted by atomic mass is 35.6. The molecule has 0 spiro atoms. The molecular weight excluding hydrogens is 388 g/mol. The summed E-state index contributed by atoms with van der Waals surface area (Å²) in [6.45, 7) is 0. The molecule has 0 heterocycles. The second-order valence-electron chi connectivity index (χ2n) is 1.79.